The second-order valence-electron chi connectivity index (χ2n) is 10.3. The highest BCUT2D eigenvalue weighted by Gasteiger charge is 2.49. The number of hydrogen-bond acceptors (Lipinski definition) is 3. The fraction of sp³-hybridized carbons (Fsp3) is 0.379. The lowest BCUT2D eigenvalue weighted by Crippen LogP contribution is -2.43. The number of halogens is 7. The number of carbonyl (C=O) groups is 1. The van der Waals surface area contributed by atoms with Crippen molar-refractivity contribution < 1.29 is 40.3 Å². The van der Waals surface area contributed by atoms with E-state index in [1.807, 2.05) is 12.1 Å². The fourth-order valence-corrected chi connectivity index (χ4v) is 5.84. The van der Waals surface area contributed by atoms with Crippen LogP contribution in [0.25, 0.3) is 0 Å². The lowest BCUT2D eigenvalue weighted by atomic mass is 9.79. The van der Waals surface area contributed by atoms with Gasteiger partial charge < -0.3 is 9.64 Å². The molecule has 0 saturated carbocycles. The summed E-state index contributed by atoms with van der Waals surface area (Å²) in [4.78, 5) is 18.9. The van der Waals surface area contributed by atoms with Crippen molar-refractivity contribution >= 4 is 5.91 Å². The number of amides is 1. The van der Waals surface area contributed by atoms with Gasteiger partial charge in [-0.3, -0.25) is 9.78 Å². The molecule has 3 aromatic rings. The molecule has 3 heterocycles. The van der Waals surface area contributed by atoms with Crippen molar-refractivity contribution in [2.45, 2.75) is 62.2 Å². The number of aromatic nitrogens is 1. The van der Waals surface area contributed by atoms with Crippen LogP contribution in [-0.4, -0.2) is 34.5 Å². The molecule has 2 aromatic carbocycles. The Balaban J connectivity index is 1.49. The van der Waals surface area contributed by atoms with Gasteiger partial charge in [-0.1, -0.05) is 12.1 Å². The number of hydrogen-bond donors (Lipinski definition) is 0. The highest BCUT2D eigenvalue weighted by Crippen LogP contribution is 2.46. The molecule has 0 N–H and O–H groups in total. The van der Waals surface area contributed by atoms with Gasteiger partial charge in [0.1, 0.15) is 5.82 Å². The Bertz CT molecular complexity index is 1330. The van der Waals surface area contributed by atoms with Crippen molar-refractivity contribution in [3.05, 3.63) is 101 Å². The molecule has 2 aliphatic heterocycles. The van der Waals surface area contributed by atoms with Gasteiger partial charge in [-0.25, -0.2) is 4.39 Å². The minimum Gasteiger partial charge on any atom is -0.368 e. The third kappa shape index (κ3) is 5.70. The number of nitrogens with zero attached hydrogens (tertiary/aromatic N) is 2. The Morgan fingerprint density at radius 3 is 2.08 bits per heavy atom. The van der Waals surface area contributed by atoms with E-state index in [1.165, 1.54) is 19.1 Å². The highest BCUT2D eigenvalue weighted by atomic mass is 19.4. The maximum atomic E-state index is 13.8. The largest absolute Gasteiger partial charge is 0.416 e. The Kier molecular flexibility index (Phi) is 7.37. The Morgan fingerprint density at radius 1 is 0.900 bits per heavy atom. The highest BCUT2D eigenvalue weighted by molar-refractivity contribution is 5.79. The normalized spacial score (nSPS) is 24.2. The molecule has 0 radical (unpaired) electrons. The lowest BCUT2D eigenvalue weighted by molar-refractivity contribution is -0.143. The van der Waals surface area contributed by atoms with Crippen molar-refractivity contribution in [3.63, 3.8) is 0 Å². The van der Waals surface area contributed by atoms with Crippen LogP contribution >= 0.6 is 0 Å². The molecule has 5 atom stereocenters. The van der Waals surface area contributed by atoms with Crippen LogP contribution in [0.3, 0.4) is 0 Å². The van der Waals surface area contributed by atoms with Crippen molar-refractivity contribution in [1.82, 2.24) is 9.88 Å². The minimum atomic E-state index is -4.99. The average Bonchev–Trinajstić information content (AvgIpc) is 3.26. The first-order valence-corrected chi connectivity index (χ1v) is 12.7. The molecule has 2 fully saturated rings. The zero-order chi connectivity index (χ0) is 28.8. The summed E-state index contributed by atoms with van der Waals surface area (Å²) in [5, 5.41) is 0. The van der Waals surface area contributed by atoms with E-state index in [1.54, 1.807) is 29.4 Å². The van der Waals surface area contributed by atoms with Gasteiger partial charge in [0.15, 0.2) is 0 Å². The summed E-state index contributed by atoms with van der Waals surface area (Å²) in [7, 11) is 0. The minimum absolute atomic E-state index is 0.0747. The smallest absolute Gasteiger partial charge is 0.368 e. The van der Waals surface area contributed by atoms with E-state index in [2.05, 4.69) is 4.98 Å². The monoisotopic (exact) mass is 566 g/mol. The Morgan fingerprint density at radius 2 is 1.50 bits per heavy atom. The van der Waals surface area contributed by atoms with Crippen LogP contribution < -0.4 is 0 Å². The van der Waals surface area contributed by atoms with Gasteiger partial charge in [-0.05, 0) is 78.4 Å². The molecule has 0 spiro atoms. The topological polar surface area (TPSA) is 42.4 Å². The molecule has 4 nitrogen and oxygen atoms in total. The van der Waals surface area contributed by atoms with Gasteiger partial charge in [0.05, 0.1) is 23.3 Å². The SMILES string of the molecule is C[C@@H](O[C@H]1CN2C(=O)CC(c3ccncc3)C[C@H]2[C@@H]1c1ccc(F)cc1)c1cc(C(F)(F)F)cc(C(F)(F)F)c1. The van der Waals surface area contributed by atoms with Crippen molar-refractivity contribution in [2.75, 3.05) is 6.54 Å². The van der Waals surface area contributed by atoms with E-state index in [0.717, 1.165) is 5.56 Å². The molecule has 2 saturated heterocycles. The van der Waals surface area contributed by atoms with Crippen LogP contribution in [0, 0.1) is 5.82 Å². The van der Waals surface area contributed by atoms with E-state index < -0.39 is 47.4 Å². The third-order valence-electron chi connectivity index (χ3n) is 7.75. The number of carbonyl (C=O) groups excluding carboxylic acids is 1. The first-order valence-electron chi connectivity index (χ1n) is 12.7. The number of alkyl halides is 6. The standard InChI is InChI=1S/C29H25F7N2O2/c1-16(19-10-21(28(31,32)33)14-22(11-19)29(34,35)36)40-25-15-38-24(27(25)18-2-4-23(30)5-3-18)12-20(13-26(38)39)17-6-8-37-9-7-17/h2-11,14,16,20,24-25,27H,12-13,15H2,1H3/t16-,20?,24+,25+,27+/m1/s1. The molecular formula is C29H25F7N2O2. The number of piperidine rings is 1. The van der Waals surface area contributed by atoms with Gasteiger partial charge in [0.25, 0.3) is 0 Å². The van der Waals surface area contributed by atoms with Crippen LogP contribution in [0.15, 0.2) is 67.0 Å². The summed E-state index contributed by atoms with van der Waals surface area (Å²) in [6, 6.07) is 10.3. The molecule has 1 amide bonds. The first kappa shape index (κ1) is 28.1. The second kappa shape index (κ2) is 10.5. The molecule has 11 heteroatoms. The fourth-order valence-electron chi connectivity index (χ4n) is 5.84. The number of rotatable bonds is 5. The van der Waals surface area contributed by atoms with Gasteiger partial charge >= 0.3 is 12.4 Å². The van der Waals surface area contributed by atoms with Crippen molar-refractivity contribution in [1.29, 1.82) is 0 Å². The van der Waals surface area contributed by atoms with Crippen molar-refractivity contribution in [2.24, 2.45) is 0 Å². The predicted octanol–water partition coefficient (Wildman–Crippen LogP) is 7.28. The van der Waals surface area contributed by atoms with Gasteiger partial charge in [-0.2, -0.15) is 26.3 Å². The molecular weight excluding hydrogens is 541 g/mol. The van der Waals surface area contributed by atoms with Gasteiger partial charge in [-0.15, -0.1) is 0 Å². The van der Waals surface area contributed by atoms with Gasteiger partial charge in [0.2, 0.25) is 5.91 Å². The maximum Gasteiger partial charge on any atom is 0.416 e. The van der Waals surface area contributed by atoms with E-state index >= 15 is 0 Å². The van der Waals surface area contributed by atoms with E-state index in [0.29, 0.717) is 24.1 Å². The molecule has 2 aliphatic rings. The van der Waals surface area contributed by atoms with Crippen LogP contribution in [0.5, 0.6) is 0 Å². The predicted molar refractivity (Wildman–Crippen MR) is 131 cm³/mol. The van der Waals surface area contributed by atoms with Gasteiger partial charge in [0, 0.05) is 37.3 Å². The van der Waals surface area contributed by atoms with E-state index in [9.17, 15) is 35.5 Å². The molecule has 40 heavy (non-hydrogen) atoms. The summed E-state index contributed by atoms with van der Waals surface area (Å²) >= 11 is 0. The molecule has 212 valence electrons. The lowest BCUT2D eigenvalue weighted by Gasteiger charge is -2.37. The van der Waals surface area contributed by atoms with Crippen LogP contribution in [0.2, 0.25) is 0 Å². The Hall–Kier alpha value is -3.47. The second-order valence-corrected chi connectivity index (χ2v) is 10.3. The number of benzene rings is 2. The molecule has 1 aromatic heterocycles. The Labute approximate surface area is 225 Å². The van der Waals surface area contributed by atoms with E-state index in [-0.39, 0.29) is 42.5 Å². The van der Waals surface area contributed by atoms with Crippen molar-refractivity contribution in [3.8, 4) is 0 Å². The summed E-state index contributed by atoms with van der Waals surface area (Å²) in [6.07, 6.45) is -7.84. The summed E-state index contributed by atoms with van der Waals surface area (Å²) in [5.74, 6) is -1.21. The molecule has 0 bridgehead atoms. The quantitative estimate of drug-likeness (QED) is 0.305. The molecule has 0 aliphatic carbocycles. The number of fused-ring (bicyclic) bond motifs is 1. The zero-order valence-corrected chi connectivity index (χ0v) is 21.2. The summed E-state index contributed by atoms with van der Waals surface area (Å²) < 4.78 is 101. The van der Waals surface area contributed by atoms with Crippen LogP contribution in [-0.2, 0) is 21.9 Å². The van der Waals surface area contributed by atoms with Crippen LogP contribution in [0.4, 0.5) is 30.7 Å². The third-order valence-corrected chi connectivity index (χ3v) is 7.75. The first-order chi connectivity index (χ1) is 18.8. The summed E-state index contributed by atoms with van der Waals surface area (Å²) in [5.41, 5.74) is -1.55. The average molecular weight is 567 g/mol. The van der Waals surface area contributed by atoms with E-state index in [4.69, 9.17) is 4.74 Å². The number of pyridine rings is 1. The zero-order valence-electron chi connectivity index (χ0n) is 21.2. The number of ether oxygens (including phenoxy) is 1. The molecule has 1 unspecified atom stereocenters. The summed E-state index contributed by atoms with van der Waals surface area (Å²) in [6.45, 7) is 1.49. The maximum absolute atomic E-state index is 13.8. The molecule has 5 rings (SSSR count). The van der Waals surface area contributed by atoms with Crippen LogP contribution in [0.1, 0.15) is 65.5 Å².